The Morgan fingerprint density at radius 3 is 2.41 bits per heavy atom. The van der Waals surface area contributed by atoms with E-state index >= 15 is 0 Å². The first-order valence-corrected chi connectivity index (χ1v) is 5.87. The fourth-order valence-electron chi connectivity index (χ4n) is 1.49. The largest absolute Gasteiger partial charge is 0.444 e. The maximum absolute atomic E-state index is 11.5. The maximum Gasteiger partial charge on any atom is 0.407 e. The lowest BCUT2D eigenvalue weighted by atomic mass is 10.0. The highest BCUT2D eigenvalue weighted by Crippen LogP contribution is 2.09. The van der Waals surface area contributed by atoms with Crippen molar-refractivity contribution in [1.29, 1.82) is 0 Å². The third-order valence-electron chi connectivity index (χ3n) is 2.08. The second-order valence-corrected chi connectivity index (χ2v) is 5.32. The van der Waals surface area contributed by atoms with Gasteiger partial charge in [-0.25, -0.2) is 4.79 Å². The van der Waals surface area contributed by atoms with Gasteiger partial charge in [0.15, 0.2) is 0 Å². The molecule has 0 heterocycles. The van der Waals surface area contributed by atoms with Gasteiger partial charge in [-0.3, -0.25) is 0 Å². The molecule has 2 atom stereocenters. The Bertz CT molecular complexity index is 225. The molecule has 1 amide bonds. The zero-order valence-corrected chi connectivity index (χ0v) is 11.4. The summed E-state index contributed by atoms with van der Waals surface area (Å²) in [5, 5.41) is 11.8. The summed E-state index contributed by atoms with van der Waals surface area (Å²) in [6.07, 6.45) is 0.157. The normalized spacial score (nSPS) is 15.2. The Hall–Kier alpha value is -0.810. The van der Waals surface area contributed by atoms with Crippen LogP contribution in [0.25, 0.3) is 0 Å². The summed E-state index contributed by atoms with van der Waals surface area (Å²) >= 11 is 0. The van der Waals surface area contributed by atoms with Gasteiger partial charge in [0.1, 0.15) is 5.60 Å². The number of aliphatic hydroxyl groups excluding tert-OH is 1. The quantitative estimate of drug-likeness (QED) is 0.747. The minimum absolute atomic E-state index is 0.104. The molecular weight excluding hydrogens is 222 g/mol. The van der Waals surface area contributed by atoms with Crippen LogP contribution in [0, 0.1) is 5.92 Å². The van der Waals surface area contributed by atoms with E-state index in [9.17, 15) is 9.90 Å². The molecule has 0 aromatic heterocycles. The lowest BCUT2D eigenvalue weighted by Crippen LogP contribution is -2.42. The summed E-state index contributed by atoms with van der Waals surface area (Å²) in [6, 6.07) is -0.296. The van der Waals surface area contributed by atoms with Crippen LogP contribution in [0.3, 0.4) is 0 Å². The highest BCUT2D eigenvalue weighted by Gasteiger charge is 2.20. The van der Waals surface area contributed by atoms with E-state index < -0.39 is 11.7 Å². The second kappa shape index (κ2) is 7.50. The van der Waals surface area contributed by atoms with Crippen LogP contribution in [0.1, 0.15) is 34.1 Å². The number of hydrogen-bond donors (Lipinski definition) is 2. The standard InChI is InChI=1S/C12H25NO4/c1-9(8-16-5)6-10(7-14)13-11(15)17-12(2,3)4/h9-10,14H,6-8H2,1-5H3,(H,13,15)/t9-,10+/m0/s1. The number of aliphatic hydroxyl groups is 1. The first-order chi connectivity index (χ1) is 7.78. The fraction of sp³-hybridized carbons (Fsp3) is 0.917. The average molecular weight is 247 g/mol. The maximum atomic E-state index is 11.5. The van der Waals surface area contributed by atoms with E-state index in [1.807, 2.05) is 6.92 Å². The number of carbonyl (C=O) groups excluding carboxylic acids is 1. The Balaban J connectivity index is 4.08. The van der Waals surface area contributed by atoms with Gasteiger partial charge in [0.2, 0.25) is 0 Å². The Kier molecular flexibility index (Phi) is 7.15. The van der Waals surface area contributed by atoms with Crippen molar-refractivity contribution in [2.75, 3.05) is 20.3 Å². The smallest absolute Gasteiger partial charge is 0.407 e. The van der Waals surface area contributed by atoms with Crippen molar-refractivity contribution in [2.45, 2.75) is 45.8 Å². The number of nitrogens with one attached hydrogen (secondary N) is 1. The molecule has 5 nitrogen and oxygen atoms in total. The van der Waals surface area contributed by atoms with Gasteiger partial charge in [-0.2, -0.15) is 0 Å². The average Bonchev–Trinajstić information content (AvgIpc) is 2.13. The molecule has 0 aromatic carbocycles. The first-order valence-electron chi connectivity index (χ1n) is 5.87. The lowest BCUT2D eigenvalue weighted by molar-refractivity contribution is 0.0463. The van der Waals surface area contributed by atoms with E-state index in [0.29, 0.717) is 13.0 Å². The zero-order chi connectivity index (χ0) is 13.5. The molecule has 0 rings (SSSR count). The van der Waals surface area contributed by atoms with Crippen LogP contribution in [0.15, 0.2) is 0 Å². The van der Waals surface area contributed by atoms with E-state index in [1.165, 1.54) is 0 Å². The summed E-state index contributed by atoms with van der Waals surface area (Å²) in [4.78, 5) is 11.5. The molecule has 0 fully saturated rings. The van der Waals surface area contributed by atoms with Crippen molar-refractivity contribution in [3.63, 3.8) is 0 Å². The molecule has 0 spiro atoms. The lowest BCUT2D eigenvalue weighted by Gasteiger charge is -2.24. The number of hydrogen-bond acceptors (Lipinski definition) is 4. The van der Waals surface area contributed by atoms with E-state index in [0.717, 1.165) is 0 Å². The van der Waals surface area contributed by atoms with E-state index in [1.54, 1.807) is 27.9 Å². The topological polar surface area (TPSA) is 67.8 Å². The van der Waals surface area contributed by atoms with Crippen molar-refractivity contribution in [3.05, 3.63) is 0 Å². The molecule has 0 unspecified atom stereocenters. The van der Waals surface area contributed by atoms with Crippen LogP contribution in [-0.2, 0) is 9.47 Å². The van der Waals surface area contributed by atoms with Crippen LogP contribution in [-0.4, -0.2) is 43.2 Å². The number of methoxy groups -OCH3 is 1. The summed E-state index contributed by atoms with van der Waals surface area (Å²) in [5.74, 6) is 0.270. The summed E-state index contributed by atoms with van der Waals surface area (Å²) < 4.78 is 10.1. The van der Waals surface area contributed by atoms with Gasteiger partial charge < -0.3 is 19.9 Å². The Morgan fingerprint density at radius 1 is 1.41 bits per heavy atom. The Labute approximate surface area is 103 Å². The Morgan fingerprint density at radius 2 is 2.00 bits per heavy atom. The minimum atomic E-state index is -0.526. The molecular formula is C12H25NO4. The number of amides is 1. The van der Waals surface area contributed by atoms with Crippen LogP contribution in [0.2, 0.25) is 0 Å². The third kappa shape index (κ3) is 8.94. The van der Waals surface area contributed by atoms with Crippen molar-refractivity contribution < 1.29 is 19.4 Å². The predicted octanol–water partition coefficient (Wildman–Crippen LogP) is 1.54. The molecule has 102 valence electrons. The van der Waals surface area contributed by atoms with Crippen molar-refractivity contribution in [3.8, 4) is 0 Å². The SMILES string of the molecule is COC[C@@H](C)C[C@H](CO)NC(=O)OC(C)(C)C. The number of alkyl carbamates (subject to hydrolysis) is 1. The molecule has 5 heteroatoms. The van der Waals surface area contributed by atoms with Crippen molar-refractivity contribution >= 4 is 6.09 Å². The summed E-state index contributed by atoms with van der Waals surface area (Å²) in [5.41, 5.74) is -0.526. The third-order valence-corrected chi connectivity index (χ3v) is 2.08. The van der Waals surface area contributed by atoms with Crippen LogP contribution in [0.5, 0.6) is 0 Å². The highest BCUT2D eigenvalue weighted by atomic mass is 16.6. The van der Waals surface area contributed by atoms with Crippen LogP contribution in [0.4, 0.5) is 4.79 Å². The molecule has 0 aromatic rings. The summed E-state index contributed by atoms with van der Waals surface area (Å²) in [7, 11) is 1.63. The van der Waals surface area contributed by atoms with Gasteiger partial charge in [-0.05, 0) is 33.1 Å². The molecule has 0 saturated heterocycles. The zero-order valence-electron chi connectivity index (χ0n) is 11.4. The predicted molar refractivity (Wildman–Crippen MR) is 65.9 cm³/mol. The van der Waals surface area contributed by atoms with Crippen LogP contribution < -0.4 is 5.32 Å². The monoisotopic (exact) mass is 247 g/mol. The molecule has 0 aliphatic rings. The number of rotatable bonds is 6. The number of carbonyl (C=O) groups is 1. The van der Waals surface area contributed by atoms with Gasteiger partial charge in [-0.1, -0.05) is 6.92 Å². The minimum Gasteiger partial charge on any atom is -0.444 e. The molecule has 17 heavy (non-hydrogen) atoms. The van der Waals surface area contributed by atoms with Gasteiger partial charge in [0.25, 0.3) is 0 Å². The summed E-state index contributed by atoms with van der Waals surface area (Å²) in [6.45, 7) is 7.90. The van der Waals surface area contributed by atoms with Gasteiger partial charge in [0.05, 0.1) is 12.6 Å². The van der Waals surface area contributed by atoms with E-state index in [4.69, 9.17) is 9.47 Å². The van der Waals surface area contributed by atoms with E-state index in [-0.39, 0.29) is 18.6 Å². The fourth-order valence-corrected chi connectivity index (χ4v) is 1.49. The molecule has 0 aliphatic carbocycles. The first kappa shape index (κ1) is 16.2. The molecule has 0 aliphatic heterocycles. The van der Waals surface area contributed by atoms with Crippen LogP contribution >= 0.6 is 0 Å². The van der Waals surface area contributed by atoms with Crippen molar-refractivity contribution in [1.82, 2.24) is 5.32 Å². The highest BCUT2D eigenvalue weighted by molar-refractivity contribution is 5.68. The van der Waals surface area contributed by atoms with Gasteiger partial charge in [0, 0.05) is 13.7 Å². The molecule has 0 bridgehead atoms. The molecule has 0 saturated carbocycles. The second-order valence-electron chi connectivity index (χ2n) is 5.32. The molecule has 0 radical (unpaired) electrons. The van der Waals surface area contributed by atoms with Gasteiger partial charge >= 0.3 is 6.09 Å². The molecule has 2 N–H and O–H groups in total. The van der Waals surface area contributed by atoms with E-state index in [2.05, 4.69) is 5.32 Å². The number of ether oxygens (including phenoxy) is 2. The van der Waals surface area contributed by atoms with Crippen molar-refractivity contribution in [2.24, 2.45) is 5.92 Å². The van der Waals surface area contributed by atoms with Gasteiger partial charge in [-0.15, -0.1) is 0 Å².